The average molecular weight is 203 g/mol. The standard InChI is InChI=1S/C10H11N3.C2H6/c1-7-5-10(12-6-7)9-3-4-11-8(2)13-9;1-2/h3-6,12H,1-2H3;1-2H3. The van der Waals surface area contributed by atoms with E-state index in [1.165, 1.54) is 5.56 Å². The fraction of sp³-hybridized carbons (Fsp3) is 0.333. The van der Waals surface area contributed by atoms with Crippen LogP contribution in [0.4, 0.5) is 0 Å². The maximum absolute atomic E-state index is 4.31. The highest BCUT2D eigenvalue weighted by Gasteiger charge is 2.00. The molecule has 0 radical (unpaired) electrons. The Balaban J connectivity index is 0.000000531. The Morgan fingerprint density at radius 3 is 2.47 bits per heavy atom. The molecule has 0 unspecified atom stereocenters. The van der Waals surface area contributed by atoms with E-state index in [4.69, 9.17) is 0 Å². The van der Waals surface area contributed by atoms with Crippen LogP contribution < -0.4 is 0 Å². The van der Waals surface area contributed by atoms with Gasteiger partial charge in [0.2, 0.25) is 0 Å². The Morgan fingerprint density at radius 1 is 1.20 bits per heavy atom. The van der Waals surface area contributed by atoms with Crippen LogP contribution in [0.1, 0.15) is 25.2 Å². The zero-order chi connectivity index (χ0) is 11.3. The molecule has 80 valence electrons. The van der Waals surface area contributed by atoms with E-state index in [1.807, 2.05) is 40.0 Å². The minimum atomic E-state index is 0.796. The fourth-order valence-corrected chi connectivity index (χ4v) is 1.26. The predicted molar refractivity (Wildman–Crippen MR) is 62.6 cm³/mol. The van der Waals surface area contributed by atoms with Crippen LogP contribution in [-0.4, -0.2) is 15.0 Å². The van der Waals surface area contributed by atoms with Crippen molar-refractivity contribution in [1.29, 1.82) is 0 Å². The topological polar surface area (TPSA) is 41.6 Å². The van der Waals surface area contributed by atoms with Crippen LogP contribution in [-0.2, 0) is 0 Å². The van der Waals surface area contributed by atoms with Crippen LogP contribution in [0, 0.1) is 13.8 Å². The first-order chi connectivity index (χ1) is 7.25. The van der Waals surface area contributed by atoms with Gasteiger partial charge in [-0.1, -0.05) is 13.8 Å². The largest absolute Gasteiger partial charge is 0.360 e. The molecule has 0 saturated carbocycles. The lowest BCUT2D eigenvalue weighted by atomic mass is 10.2. The molecule has 0 amide bonds. The van der Waals surface area contributed by atoms with Gasteiger partial charge >= 0.3 is 0 Å². The third-order valence-corrected chi connectivity index (χ3v) is 1.88. The Kier molecular flexibility index (Phi) is 4.03. The summed E-state index contributed by atoms with van der Waals surface area (Å²) in [6.07, 6.45) is 3.74. The molecule has 0 aliphatic rings. The van der Waals surface area contributed by atoms with E-state index in [1.54, 1.807) is 6.20 Å². The number of aryl methyl sites for hydroxylation is 2. The zero-order valence-corrected chi connectivity index (χ0v) is 9.70. The van der Waals surface area contributed by atoms with Crippen molar-refractivity contribution in [3.05, 3.63) is 35.9 Å². The van der Waals surface area contributed by atoms with Crippen molar-refractivity contribution in [3.8, 4) is 11.4 Å². The van der Waals surface area contributed by atoms with Gasteiger partial charge in [-0.2, -0.15) is 0 Å². The second-order valence-corrected chi connectivity index (χ2v) is 3.08. The number of nitrogens with zero attached hydrogens (tertiary/aromatic N) is 2. The monoisotopic (exact) mass is 203 g/mol. The van der Waals surface area contributed by atoms with E-state index in [2.05, 4.69) is 21.0 Å². The molecule has 15 heavy (non-hydrogen) atoms. The Bertz CT molecular complexity index is 418. The van der Waals surface area contributed by atoms with Gasteiger partial charge in [-0.05, 0) is 31.5 Å². The minimum Gasteiger partial charge on any atom is -0.360 e. The van der Waals surface area contributed by atoms with Crippen molar-refractivity contribution >= 4 is 0 Å². The van der Waals surface area contributed by atoms with E-state index < -0.39 is 0 Å². The average Bonchev–Trinajstić information content (AvgIpc) is 2.68. The van der Waals surface area contributed by atoms with Crippen LogP contribution in [0.15, 0.2) is 24.5 Å². The molecular formula is C12H17N3. The number of hydrogen-bond acceptors (Lipinski definition) is 2. The highest BCUT2D eigenvalue weighted by Crippen LogP contribution is 2.15. The minimum absolute atomic E-state index is 0.796. The molecule has 2 rings (SSSR count). The van der Waals surface area contributed by atoms with E-state index >= 15 is 0 Å². The molecule has 2 aromatic heterocycles. The number of aromatic nitrogens is 3. The van der Waals surface area contributed by atoms with E-state index in [9.17, 15) is 0 Å². The van der Waals surface area contributed by atoms with Gasteiger partial charge in [0.25, 0.3) is 0 Å². The number of H-pyrrole nitrogens is 1. The van der Waals surface area contributed by atoms with E-state index in [0.29, 0.717) is 0 Å². The van der Waals surface area contributed by atoms with Crippen LogP contribution in [0.25, 0.3) is 11.4 Å². The molecule has 3 nitrogen and oxygen atoms in total. The van der Waals surface area contributed by atoms with Gasteiger partial charge in [0.1, 0.15) is 5.82 Å². The van der Waals surface area contributed by atoms with Gasteiger partial charge in [0, 0.05) is 12.4 Å². The highest BCUT2D eigenvalue weighted by atomic mass is 14.9. The van der Waals surface area contributed by atoms with Crippen molar-refractivity contribution in [2.24, 2.45) is 0 Å². The van der Waals surface area contributed by atoms with Gasteiger partial charge < -0.3 is 4.98 Å². The normalized spacial score (nSPS) is 9.33. The molecular weight excluding hydrogens is 186 g/mol. The summed E-state index contributed by atoms with van der Waals surface area (Å²) in [7, 11) is 0. The summed E-state index contributed by atoms with van der Waals surface area (Å²) in [5.74, 6) is 0.796. The van der Waals surface area contributed by atoms with Crippen molar-refractivity contribution < 1.29 is 0 Å². The summed E-state index contributed by atoms with van der Waals surface area (Å²) < 4.78 is 0. The Labute approximate surface area is 90.6 Å². The van der Waals surface area contributed by atoms with E-state index in [-0.39, 0.29) is 0 Å². The number of hydrogen-bond donors (Lipinski definition) is 1. The zero-order valence-electron chi connectivity index (χ0n) is 9.70. The highest BCUT2D eigenvalue weighted by molar-refractivity contribution is 5.54. The fourth-order valence-electron chi connectivity index (χ4n) is 1.26. The van der Waals surface area contributed by atoms with Gasteiger partial charge in [0.05, 0.1) is 11.4 Å². The molecule has 2 aromatic rings. The first-order valence-corrected chi connectivity index (χ1v) is 5.21. The molecule has 0 saturated heterocycles. The third-order valence-electron chi connectivity index (χ3n) is 1.88. The van der Waals surface area contributed by atoms with Crippen LogP contribution in [0.3, 0.4) is 0 Å². The maximum atomic E-state index is 4.31. The summed E-state index contributed by atoms with van der Waals surface area (Å²) in [6.45, 7) is 7.94. The molecule has 3 heteroatoms. The van der Waals surface area contributed by atoms with Crippen LogP contribution in [0.2, 0.25) is 0 Å². The van der Waals surface area contributed by atoms with Gasteiger partial charge in [-0.25, -0.2) is 9.97 Å². The maximum Gasteiger partial charge on any atom is 0.125 e. The van der Waals surface area contributed by atoms with Crippen LogP contribution >= 0.6 is 0 Å². The van der Waals surface area contributed by atoms with Crippen molar-refractivity contribution in [3.63, 3.8) is 0 Å². The number of rotatable bonds is 1. The summed E-state index contributed by atoms with van der Waals surface area (Å²) in [5.41, 5.74) is 3.20. The van der Waals surface area contributed by atoms with E-state index in [0.717, 1.165) is 17.2 Å². The summed E-state index contributed by atoms with van der Waals surface area (Å²) in [6, 6.07) is 3.97. The molecule has 0 aromatic carbocycles. The molecule has 0 bridgehead atoms. The van der Waals surface area contributed by atoms with Crippen molar-refractivity contribution in [2.75, 3.05) is 0 Å². The van der Waals surface area contributed by atoms with Crippen molar-refractivity contribution in [2.45, 2.75) is 27.7 Å². The Morgan fingerprint density at radius 2 is 1.93 bits per heavy atom. The predicted octanol–water partition coefficient (Wildman–Crippen LogP) is 3.11. The molecule has 0 fully saturated rings. The lowest BCUT2D eigenvalue weighted by Crippen LogP contribution is -1.89. The van der Waals surface area contributed by atoms with Gasteiger partial charge in [0.15, 0.2) is 0 Å². The molecule has 2 heterocycles. The second-order valence-electron chi connectivity index (χ2n) is 3.08. The van der Waals surface area contributed by atoms with Gasteiger partial charge in [-0.3, -0.25) is 0 Å². The molecule has 0 aliphatic heterocycles. The molecule has 0 aliphatic carbocycles. The number of nitrogens with one attached hydrogen (secondary N) is 1. The quantitative estimate of drug-likeness (QED) is 0.773. The summed E-state index contributed by atoms with van der Waals surface area (Å²) >= 11 is 0. The second kappa shape index (κ2) is 5.29. The lowest BCUT2D eigenvalue weighted by molar-refractivity contribution is 1.05. The Hall–Kier alpha value is -1.64. The third kappa shape index (κ3) is 2.91. The first-order valence-electron chi connectivity index (χ1n) is 5.21. The summed E-state index contributed by atoms with van der Waals surface area (Å²) in [4.78, 5) is 11.5. The lowest BCUT2D eigenvalue weighted by Gasteiger charge is -1.96. The SMILES string of the molecule is CC.Cc1c[nH]c(-c2ccnc(C)n2)c1. The first kappa shape index (κ1) is 11.4. The van der Waals surface area contributed by atoms with Crippen LogP contribution in [0.5, 0.6) is 0 Å². The molecule has 0 spiro atoms. The molecule has 1 N–H and O–H groups in total. The summed E-state index contributed by atoms with van der Waals surface area (Å²) in [5, 5.41) is 0. The van der Waals surface area contributed by atoms with Gasteiger partial charge in [-0.15, -0.1) is 0 Å². The van der Waals surface area contributed by atoms with Crippen molar-refractivity contribution in [1.82, 2.24) is 15.0 Å². The smallest absolute Gasteiger partial charge is 0.125 e. The molecule has 0 atom stereocenters. The number of aromatic amines is 1.